The molecule has 0 saturated carbocycles. The van der Waals surface area contributed by atoms with Crippen LogP contribution in [0.5, 0.6) is 5.75 Å². The van der Waals surface area contributed by atoms with Gasteiger partial charge in [-0.2, -0.15) is 0 Å². The molecule has 2 aromatic rings. The number of methoxy groups -OCH3 is 1. The lowest BCUT2D eigenvalue weighted by atomic mass is 9.95. The van der Waals surface area contributed by atoms with Gasteiger partial charge in [-0.15, -0.1) is 0 Å². The van der Waals surface area contributed by atoms with E-state index in [2.05, 4.69) is 4.98 Å². The first-order valence-electron chi connectivity index (χ1n) is 9.38. The number of pyridine rings is 1. The normalized spacial score (nSPS) is 18.5. The second-order valence-corrected chi connectivity index (χ2v) is 6.96. The molecule has 1 aromatic heterocycles. The number of benzene rings is 1. The smallest absolute Gasteiger partial charge is 0.295 e. The Hall–Kier alpha value is -3.19. The number of hydrogen-bond acceptors (Lipinski definition) is 6. The maximum Gasteiger partial charge on any atom is 0.295 e. The van der Waals surface area contributed by atoms with Gasteiger partial charge in [-0.1, -0.05) is 12.1 Å². The van der Waals surface area contributed by atoms with Crippen LogP contribution in [0.15, 0.2) is 54.4 Å². The molecule has 1 aliphatic rings. The molecular formula is C22H24N2O5. The molecule has 29 heavy (non-hydrogen) atoms. The van der Waals surface area contributed by atoms with Crippen molar-refractivity contribution in [2.24, 2.45) is 0 Å². The summed E-state index contributed by atoms with van der Waals surface area (Å²) >= 11 is 0. The van der Waals surface area contributed by atoms with Crippen molar-refractivity contribution < 1.29 is 24.2 Å². The van der Waals surface area contributed by atoms with Crippen LogP contribution >= 0.6 is 0 Å². The summed E-state index contributed by atoms with van der Waals surface area (Å²) in [6, 6.07) is 9.65. The highest BCUT2D eigenvalue weighted by Gasteiger charge is 2.45. The van der Waals surface area contributed by atoms with Crippen molar-refractivity contribution in [2.75, 3.05) is 20.3 Å². The Bertz CT molecular complexity index is 907. The Labute approximate surface area is 169 Å². The molecule has 1 saturated heterocycles. The summed E-state index contributed by atoms with van der Waals surface area (Å²) in [5.41, 5.74) is 1.18. The molecule has 1 fully saturated rings. The summed E-state index contributed by atoms with van der Waals surface area (Å²) in [5.74, 6) is -0.919. The van der Waals surface area contributed by atoms with Gasteiger partial charge in [0.15, 0.2) is 0 Å². The minimum atomic E-state index is -0.720. The monoisotopic (exact) mass is 396 g/mol. The van der Waals surface area contributed by atoms with Gasteiger partial charge in [0.2, 0.25) is 0 Å². The van der Waals surface area contributed by atoms with E-state index in [1.54, 1.807) is 36.4 Å². The van der Waals surface area contributed by atoms with Crippen LogP contribution in [0, 0.1) is 0 Å². The SMILES string of the molecule is COCCN1C(=O)C(=O)/C(=C(\O)c2ccncc2)C1c1ccc(OC(C)C)cc1. The highest BCUT2D eigenvalue weighted by molar-refractivity contribution is 6.46. The van der Waals surface area contributed by atoms with Crippen molar-refractivity contribution in [1.82, 2.24) is 9.88 Å². The lowest BCUT2D eigenvalue weighted by Gasteiger charge is -2.25. The lowest BCUT2D eigenvalue weighted by Crippen LogP contribution is -2.32. The molecule has 1 aromatic carbocycles. The standard InChI is InChI=1S/C22H24N2O5/c1-14(2)29-17-6-4-15(5-7-17)19-18(20(25)16-8-10-23-11-9-16)21(26)22(27)24(19)12-13-28-3/h4-11,14,19,25H,12-13H2,1-3H3/b20-18-. The molecule has 1 aliphatic heterocycles. The number of carbonyl (C=O) groups is 2. The molecule has 1 N–H and O–H groups in total. The van der Waals surface area contributed by atoms with Gasteiger partial charge < -0.3 is 19.5 Å². The van der Waals surface area contributed by atoms with Gasteiger partial charge in [0.1, 0.15) is 11.5 Å². The number of amides is 1. The van der Waals surface area contributed by atoms with Crippen molar-refractivity contribution in [3.05, 3.63) is 65.5 Å². The van der Waals surface area contributed by atoms with Crippen LogP contribution in [0.1, 0.15) is 31.0 Å². The first-order valence-corrected chi connectivity index (χ1v) is 9.38. The third-order valence-corrected chi connectivity index (χ3v) is 4.60. The molecule has 0 spiro atoms. The summed E-state index contributed by atoms with van der Waals surface area (Å²) in [4.78, 5) is 30.8. The van der Waals surface area contributed by atoms with Gasteiger partial charge in [-0.05, 0) is 43.7 Å². The molecule has 1 unspecified atom stereocenters. The van der Waals surface area contributed by atoms with Crippen molar-refractivity contribution in [2.45, 2.75) is 26.0 Å². The minimum absolute atomic E-state index is 0.0277. The number of nitrogens with zero attached hydrogens (tertiary/aromatic N) is 2. The second kappa shape index (κ2) is 8.87. The molecule has 0 radical (unpaired) electrons. The average Bonchev–Trinajstić information content (AvgIpc) is 2.97. The van der Waals surface area contributed by atoms with Gasteiger partial charge in [0.05, 0.1) is 24.3 Å². The lowest BCUT2D eigenvalue weighted by molar-refractivity contribution is -0.140. The Morgan fingerprint density at radius 1 is 1.14 bits per heavy atom. The Morgan fingerprint density at radius 2 is 1.79 bits per heavy atom. The van der Waals surface area contributed by atoms with Crippen LogP contribution in [0.2, 0.25) is 0 Å². The highest BCUT2D eigenvalue weighted by Crippen LogP contribution is 2.39. The zero-order valence-electron chi connectivity index (χ0n) is 16.7. The average molecular weight is 396 g/mol. The number of likely N-dealkylation sites (tertiary alicyclic amines) is 1. The zero-order chi connectivity index (χ0) is 21.0. The fourth-order valence-corrected chi connectivity index (χ4v) is 3.31. The molecule has 7 heteroatoms. The molecule has 7 nitrogen and oxygen atoms in total. The number of aromatic nitrogens is 1. The van der Waals surface area contributed by atoms with Crippen LogP contribution < -0.4 is 4.74 Å². The van der Waals surface area contributed by atoms with E-state index in [-0.39, 0.29) is 30.6 Å². The Morgan fingerprint density at radius 3 is 2.38 bits per heavy atom. The summed E-state index contributed by atoms with van der Waals surface area (Å²) in [5, 5.41) is 10.9. The molecule has 3 rings (SSSR count). The highest BCUT2D eigenvalue weighted by atomic mass is 16.5. The predicted octanol–water partition coefficient (Wildman–Crippen LogP) is 2.94. The van der Waals surface area contributed by atoms with Gasteiger partial charge in [-0.3, -0.25) is 14.6 Å². The minimum Gasteiger partial charge on any atom is -0.507 e. The fraction of sp³-hybridized carbons (Fsp3) is 0.318. The van der Waals surface area contributed by atoms with E-state index < -0.39 is 17.7 Å². The van der Waals surface area contributed by atoms with Gasteiger partial charge in [0.25, 0.3) is 11.7 Å². The summed E-state index contributed by atoms with van der Waals surface area (Å²) in [7, 11) is 1.53. The zero-order valence-corrected chi connectivity index (χ0v) is 16.7. The van der Waals surface area contributed by atoms with Gasteiger partial charge in [0, 0.05) is 31.6 Å². The van der Waals surface area contributed by atoms with Crippen LogP contribution in [-0.4, -0.2) is 53.0 Å². The predicted molar refractivity (Wildman–Crippen MR) is 107 cm³/mol. The topological polar surface area (TPSA) is 89.0 Å². The van der Waals surface area contributed by atoms with Crippen LogP contribution in [0.25, 0.3) is 5.76 Å². The van der Waals surface area contributed by atoms with E-state index in [1.807, 2.05) is 13.8 Å². The third-order valence-electron chi connectivity index (χ3n) is 4.60. The number of aliphatic hydroxyl groups is 1. The molecular weight excluding hydrogens is 372 g/mol. The van der Waals surface area contributed by atoms with E-state index >= 15 is 0 Å². The number of Topliss-reactive ketones (excluding diaryl/α,β-unsaturated/α-hetero) is 1. The van der Waals surface area contributed by atoms with E-state index in [1.165, 1.54) is 24.4 Å². The quantitative estimate of drug-likeness (QED) is 0.440. The summed E-state index contributed by atoms with van der Waals surface area (Å²) in [6.07, 6.45) is 3.06. The molecule has 1 atom stereocenters. The number of rotatable bonds is 7. The fourth-order valence-electron chi connectivity index (χ4n) is 3.31. The van der Waals surface area contributed by atoms with Gasteiger partial charge >= 0.3 is 0 Å². The van der Waals surface area contributed by atoms with E-state index in [4.69, 9.17) is 9.47 Å². The maximum atomic E-state index is 12.8. The van der Waals surface area contributed by atoms with Crippen LogP contribution in [0.4, 0.5) is 0 Å². The Balaban J connectivity index is 2.08. The second-order valence-electron chi connectivity index (χ2n) is 6.96. The van der Waals surface area contributed by atoms with Crippen molar-refractivity contribution in [3.63, 3.8) is 0 Å². The van der Waals surface area contributed by atoms with Gasteiger partial charge in [-0.25, -0.2) is 0 Å². The number of ether oxygens (including phenoxy) is 2. The van der Waals surface area contributed by atoms with E-state index in [0.29, 0.717) is 16.9 Å². The maximum absolute atomic E-state index is 12.8. The van der Waals surface area contributed by atoms with Crippen molar-refractivity contribution in [3.8, 4) is 5.75 Å². The first-order chi connectivity index (χ1) is 13.9. The molecule has 1 amide bonds. The number of carbonyl (C=O) groups excluding carboxylic acids is 2. The summed E-state index contributed by atoms with van der Waals surface area (Å²) in [6.45, 7) is 4.36. The number of aliphatic hydroxyl groups excluding tert-OH is 1. The largest absolute Gasteiger partial charge is 0.507 e. The van der Waals surface area contributed by atoms with E-state index in [9.17, 15) is 14.7 Å². The van der Waals surface area contributed by atoms with Crippen molar-refractivity contribution >= 4 is 17.4 Å². The number of ketones is 1. The Kier molecular flexibility index (Phi) is 6.29. The van der Waals surface area contributed by atoms with Crippen LogP contribution in [-0.2, 0) is 14.3 Å². The third kappa shape index (κ3) is 4.30. The molecule has 152 valence electrons. The van der Waals surface area contributed by atoms with E-state index in [0.717, 1.165) is 0 Å². The molecule has 0 bridgehead atoms. The first kappa shape index (κ1) is 20.5. The van der Waals surface area contributed by atoms with Crippen molar-refractivity contribution in [1.29, 1.82) is 0 Å². The van der Waals surface area contributed by atoms with Crippen LogP contribution in [0.3, 0.4) is 0 Å². The molecule has 0 aliphatic carbocycles. The number of hydrogen-bond donors (Lipinski definition) is 1. The summed E-state index contributed by atoms with van der Waals surface area (Å²) < 4.78 is 10.8. The molecule has 2 heterocycles.